The smallest absolute Gasteiger partial charge is 0.321 e. The number of benzene rings is 1. The van der Waals surface area contributed by atoms with Gasteiger partial charge >= 0.3 is 12.0 Å². The third-order valence-electron chi connectivity index (χ3n) is 3.52. The summed E-state index contributed by atoms with van der Waals surface area (Å²) in [7, 11) is 0. The Morgan fingerprint density at radius 3 is 2.86 bits per heavy atom. The largest absolute Gasteiger partial charge is 0.481 e. The maximum Gasteiger partial charge on any atom is 0.321 e. The molecular formula is C15H17N3O3. The SMILES string of the molecule is Cc1cc(C#N)cc(NC(=O)N2CCCC(C(=O)O)C2)c1. The molecule has 2 N–H and O–H groups in total. The van der Waals surface area contributed by atoms with Crippen LogP contribution in [0.5, 0.6) is 0 Å². The van der Waals surface area contributed by atoms with E-state index in [4.69, 9.17) is 10.4 Å². The Hall–Kier alpha value is -2.55. The van der Waals surface area contributed by atoms with Crippen LogP contribution in [-0.2, 0) is 4.79 Å². The predicted octanol–water partition coefficient (Wildman–Crippen LogP) is 2.20. The fraction of sp³-hybridized carbons (Fsp3) is 0.400. The average Bonchev–Trinajstić information content (AvgIpc) is 2.46. The predicted molar refractivity (Wildman–Crippen MR) is 76.8 cm³/mol. The van der Waals surface area contributed by atoms with Crippen LogP contribution in [0.15, 0.2) is 18.2 Å². The van der Waals surface area contributed by atoms with Crippen LogP contribution in [0.3, 0.4) is 0 Å². The Bertz CT molecular complexity index is 607. The van der Waals surface area contributed by atoms with Crippen LogP contribution in [-0.4, -0.2) is 35.1 Å². The van der Waals surface area contributed by atoms with E-state index in [-0.39, 0.29) is 12.6 Å². The molecule has 1 aliphatic rings. The zero-order valence-corrected chi connectivity index (χ0v) is 11.8. The molecule has 1 atom stereocenters. The fourth-order valence-electron chi connectivity index (χ4n) is 2.49. The number of carboxylic acids is 1. The van der Waals surface area contributed by atoms with Gasteiger partial charge in [0.05, 0.1) is 17.6 Å². The summed E-state index contributed by atoms with van der Waals surface area (Å²) < 4.78 is 0. The van der Waals surface area contributed by atoms with Gasteiger partial charge in [-0.25, -0.2) is 4.79 Å². The molecule has 1 fully saturated rings. The summed E-state index contributed by atoms with van der Waals surface area (Å²) in [6.07, 6.45) is 1.28. The normalized spacial score (nSPS) is 17.9. The van der Waals surface area contributed by atoms with Crippen LogP contribution in [0.1, 0.15) is 24.0 Å². The Balaban J connectivity index is 2.06. The second-order valence-electron chi connectivity index (χ2n) is 5.25. The number of hydrogen-bond donors (Lipinski definition) is 2. The summed E-state index contributed by atoms with van der Waals surface area (Å²) in [5.41, 5.74) is 1.91. The molecule has 0 saturated carbocycles. The van der Waals surface area contributed by atoms with Gasteiger partial charge in [-0.3, -0.25) is 4.79 Å². The maximum absolute atomic E-state index is 12.2. The molecule has 110 valence electrons. The number of aliphatic carboxylic acids is 1. The van der Waals surface area contributed by atoms with E-state index in [1.807, 2.05) is 13.0 Å². The quantitative estimate of drug-likeness (QED) is 0.872. The van der Waals surface area contributed by atoms with Crippen LogP contribution in [0.4, 0.5) is 10.5 Å². The lowest BCUT2D eigenvalue weighted by molar-refractivity contribution is -0.143. The van der Waals surface area contributed by atoms with Crippen LogP contribution < -0.4 is 5.32 Å². The van der Waals surface area contributed by atoms with Crippen molar-refractivity contribution >= 4 is 17.7 Å². The van der Waals surface area contributed by atoms with Crippen molar-refractivity contribution < 1.29 is 14.7 Å². The lowest BCUT2D eigenvalue weighted by Gasteiger charge is -2.30. The summed E-state index contributed by atoms with van der Waals surface area (Å²) in [5.74, 6) is -1.37. The van der Waals surface area contributed by atoms with E-state index in [2.05, 4.69) is 5.32 Å². The molecule has 1 unspecified atom stereocenters. The first-order valence-electron chi connectivity index (χ1n) is 6.80. The zero-order chi connectivity index (χ0) is 15.4. The van der Waals surface area contributed by atoms with E-state index >= 15 is 0 Å². The number of anilines is 1. The summed E-state index contributed by atoms with van der Waals surface area (Å²) in [6, 6.07) is 6.83. The summed E-state index contributed by atoms with van der Waals surface area (Å²) in [4.78, 5) is 24.7. The highest BCUT2D eigenvalue weighted by atomic mass is 16.4. The second kappa shape index (κ2) is 6.27. The van der Waals surface area contributed by atoms with Crippen molar-refractivity contribution in [3.63, 3.8) is 0 Å². The van der Waals surface area contributed by atoms with Crippen molar-refractivity contribution in [3.8, 4) is 6.07 Å². The number of piperidine rings is 1. The molecule has 1 aliphatic heterocycles. The number of rotatable bonds is 2. The number of carbonyl (C=O) groups is 2. The molecule has 0 aromatic heterocycles. The lowest BCUT2D eigenvalue weighted by Crippen LogP contribution is -2.44. The van der Waals surface area contributed by atoms with Gasteiger partial charge in [-0.2, -0.15) is 5.26 Å². The number of urea groups is 1. The standard InChI is InChI=1S/C15H17N3O3/c1-10-5-11(8-16)7-13(6-10)17-15(21)18-4-2-3-12(9-18)14(19)20/h5-7,12H,2-4,9H2,1H3,(H,17,21)(H,19,20). The fourth-order valence-corrected chi connectivity index (χ4v) is 2.49. The molecular weight excluding hydrogens is 270 g/mol. The van der Waals surface area contributed by atoms with E-state index in [0.29, 0.717) is 30.6 Å². The first-order valence-corrected chi connectivity index (χ1v) is 6.80. The zero-order valence-electron chi connectivity index (χ0n) is 11.8. The van der Waals surface area contributed by atoms with E-state index < -0.39 is 11.9 Å². The van der Waals surface area contributed by atoms with Gasteiger partial charge < -0.3 is 15.3 Å². The number of carbonyl (C=O) groups excluding carboxylic acids is 1. The summed E-state index contributed by atoms with van der Waals surface area (Å²) >= 11 is 0. The van der Waals surface area contributed by atoms with Gasteiger partial charge in [0.1, 0.15) is 0 Å². The van der Waals surface area contributed by atoms with Gasteiger partial charge in [0.2, 0.25) is 0 Å². The molecule has 0 radical (unpaired) electrons. The number of aryl methyl sites for hydroxylation is 1. The van der Waals surface area contributed by atoms with Crippen LogP contribution in [0, 0.1) is 24.2 Å². The monoisotopic (exact) mass is 287 g/mol. The molecule has 1 aromatic rings. The molecule has 6 nitrogen and oxygen atoms in total. The highest BCUT2D eigenvalue weighted by molar-refractivity contribution is 5.90. The van der Waals surface area contributed by atoms with E-state index in [0.717, 1.165) is 5.56 Å². The number of carboxylic acid groups (broad SMARTS) is 1. The summed E-state index contributed by atoms with van der Waals surface area (Å²) in [5, 5.41) is 20.7. The maximum atomic E-state index is 12.2. The van der Waals surface area contributed by atoms with Gasteiger partial charge in [-0.05, 0) is 43.5 Å². The number of nitrogens with zero attached hydrogens (tertiary/aromatic N) is 2. The highest BCUT2D eigenvalue weighted by Gasteiger charge is 2.28. The number of nitrogens with one attached hydrogen (secondary N) is 1. The van der Waals surface area contributed by atoms with Crippen LogP contribution in [0.25, 0.3) is 0 Å². The minimum atomic E-state index is -0.866. The molecule has 2 amide bonds. The molecule has 2 rings (SSSR count). The molecule has 0 spiro atoms. The molecule has 21 heavy (non-hydrogen) atoms. The van der Waals surface area contributed by atoms with Gasteiger partial charge in [0.25, 0.3) is 0 Å². The number of amides is 2. The van der Waals surface area contributed by atoms with Crippen molar-refractivity contribution in [3.05, 3.63) is 29.3 Å². The Morgan fingerprint density at radius 1 is 1.43 bits per heavy atom. The van der Waals surface area contributed by atoms with Crippen molar-refractivity contribution in [2.24, 2.45) is 5.92 Å². The van der Waals surface area contributed by atoms with Crippen LogP contribution in [0.2, 0.25) is 0 Å². The van der Waals surface area contributed by atoms with E-state index in [9.17, 15) is 9.59 Å². The molecule has 0 aliphatic carbocycles. The molecule has 0 bridgehead atoms. The van der Waals surface area contributed by atoms with Crippen molar-refractivity contribution in [2.75, 3.05) is 18.4 Å². The molecule has 1 saturated heterocycles. The Labute approximate surface area is 123 Å². The van der Waals surface area contributed by atoms with Gasteiger partial charge in [0.15, 0.2) is 0 Å². The van der Waals surface area contributed by atoms with Crippen molar-refractivity contribution in [2.45, 2.75) is 19.8 Å². The lowest BCUT2D eigenvalue weighted by atomic mass is 9.99. The molecule has 1 heterocycles. The summed E-state index contributed by atoms with van der Waals surface area (Å²) in [6.45, 7) is 2.61. The minimum absolute atomic E-state index is 0.220. The Kier molecular flexibility index (Phi) is 4.43. The van der Waals surface area contributed by atoms with Gasteiger partial charge in [-0.15, -0.1) is 0 Å². The number of nitriles is 1. The topological polar surface area (TPSA) is 93.4 Å². The van der Waals surface area contributed by atoms with E-state index in [1.165, 1.54) is 4.90 Å². The third-order valence-corrected chi connectivity index (χ3v) is 3.52. The van der Waals surface area contributed by atoms with Gasteiger partial charge in [0, 0.05) is 18.8 Å². The second-order valence-corrected chi connectivity index (χ2v) is 5.25. The molecule has 6 heteroatoms. The Morgan fingerprint density at radius 2 is 2.19 bits per heavy atom. The van der Waals surface area contributed by atoms with Gasteiger partial charge in [-0.1, -0.05) is 0 Å². The van der Waals surface area contributed by atoms with Crippen LogP contribution >= 0.6 is 0 Å². The third kappa shape index (κ3) is 3.72. The average molecular weight is 287 g/mol. The van der Waals surface area contributed by atoms with E-state index in [1.54, 1.807) is 18.2 Å². The number of hydrogen-bond acceptors (Lipinski definition) is 3. The first-order chi connectivity index (χ1) is 9.99. The van der Waals surface area contributed by atoms with Crippen molar-refractivity contribution in [1.29, 1.82) is 5.26 Å². The highest BCUT2D eigenvalue weighted by Crippen LogP contribution is 2.19. The number of likely N-dealkylation sites (tertiary alicyclic amines) is 1. The first kappa shape index (κ1) is 14.9. The molecule has 1 aromatic carbocycles. The van der Waals surface area contributed by atoms with Crippen molar-refractivity contribution in [1.82, 2.24) is 4.90 Å². The minimum Gasteiger partial charge on any atom is -0.481 e.